The third-order valence-corrected chi connectivity index (χ3v) is 7.36. The van der Waals surface area contributed by atoms with Gasteiger partial charge in [0.2, 0.25) is 0 Å². The number of anilines is 4. The van der Waals surface area contributed by atoms with Crippen molar-refractivity contribution in [3.63, 3.8) is 0 Å². The minimum atomic E-state index is -0.237. The van der Waals surface area contributed by atoms with E-state index in [0.29, 0.717) is 6.67 Å². The number of aromatic nitrogens is 2. The van der Waals surface area contributed by atoms with E-state index in [1.807, 2.05) is 18.3 Å². The second kappa shape index (κ2) is 8.04. The molecule has 0 N–H and O–H groups in total. The molecule has 0 bridgehead atoms. The molecule has 0 saturated heterocycles. The average molecular weight is 435 g/mol. The van der Waals surface area contributed by atoms with Crippen molar-refractivity contribution < 1.29 is 0 Å². The molecule has 0 atom stereocenters. The van der Waals surface area contributed by atoms with Crippen LogP contribution < -0.4 is 9.80 Å². The third kappa shape index (κ3) is 3.56. The quantitative estimate of drug-likeness (QED) is 0.339. The standard InChI is InChI=1S/C29H30N4/c1-28(2,22-14-8-5-9-15-22)29(3,4)25-20-30-26-27(31-25)33(24-18-12-7-13-19-24)21-32(26)23-16-10-6-11-17-23/h5-20H,21H2,1-4H3. The Bertz CT molecular complexity index is 1230. The summed E-state index contributed by atoms with van der Waals surface area (Å²) in [4.78, 5) is 14.7. The molecule has 5 rings (SSSR count). The second-order valence-corrected chi connectivity index (χ2v) is 9.69. The molecule has 0 radical (unpaired) electrons. The lowest BCUT2D eigenvalue weighted by Crippen LogP contribution is -2.41. The van der Waals surface area contributed by atoms with E-state index >= 15 is 0 Å². The Morgan fingerprint density at radius 3 is 1.64 bits per heavy atom. The maximum absolute atomic E-state index is 5.27. The molecule has 0 fully saturated rings. The summed E-state index contributed by atoms with van der Waals surface area (Å²) in [7, 11) is 0. The van der Waals surface area contributed by atoms with E-state index in [0.717, 1.165) is 28.7 Å². The number of nitrogens with zero attached hydrogens (tertiary/aromatic N) is 4. The lowest BCUT2D eigenvalue weighted by Gasteiger charge is -2.41. The minimum Gasteiger partial charge on any atom is -0.305 e. The molecule has 0 aliphatic carbocycles. The van der Waals surface area contributed by atoms with E-state index in [4.69, 9.17) is 9.97 Å². The lowest BCUT2D eigenvalue weighted by molar-refractivity contribution is 0.295. The molecule has 0 spiro atoms. The SMILES string of the molecule is CC(C)(c1ccccc1)C(C)(C)c1cnc2c(n1)N(c1ccccc1)CN2c1ccccc1. The predicted octanol–water partition coefficient (Wildman–Crippen LogP) is 6.98. The molecular weight excluding hydrogens is 404 g/mol. The summed E-state index contributed by atoms with van der Waals surface area (Å²) >= 11 is 0. The van der Waals surface area contributed by atoms with Gasteiger partial charge in [-0.3, -0.25) is 0 Å². The first-order valence-corrected chi connectivity index (χ1v) is 11.5. The Kier molecular flexibility index (Phi) is 5.16. The van der Waals surface area contributed by atoms with Crippen LogP contribution in [0.15, 0.2) is 97.2 Å². The van der Waals surface area contributed by atoms with Gasteiger partial charge in [-0.05, 0) is 29.8 Å². The average Bonchev–Trinajstić information content (AvgIpc) is 3.24. The minimum absolute atomic E-state index is 0.132. The number of rotatable bonds is 5. The Morgan fingerprint density at radius 1 is 0.606 bits per heavy atom. The second-order valence-electron chi connectivity index (χ2n) is 9.69. The molecule has 4 aromatic rings. The van der Waals surface area contributed by atoms with Gasteiger partial charge in [-0.25, -0.2) is 9.97 Å². The van der Waals surface area contributed by atoms with Gasteiger partial charge in [0.05, 0.1) is 11.9 Å². The van der Waals surface area contributed by atoms with E-state index < -0.39 is 0 Å². The van der Waals surface area contributed by atoms with Gasteiger partial charge in [0, 0.05) is 22.2 Å². The highest BCUT2D eigenvalue weighted by molar-refractivity contribution is 5.81. The Balaban J connectivity index is 1.62. The normalized spacial score (nSPS) is 13.8. The van der Waals surface area contributed by atoms with Gasteiger partial charge in [-0.1, -0.05) is 94.4 Å². The third-order valence-electron chi connectivity index (χ3n) is 7.36. The Labute approximate surface area is 196 Å². The Hall–Kier alpha value is -3.66. The fourth-order valence-electron chi connectivity index (χ4n) is 4.48. The van der Waals surface area contributed by atoms with E-state index in [1.165, 1.54) is 5.56 Å². The first-order chi connectivity index (χ1) is 15.9. The van der Waals surface area contributed by atoms with E-state index in [1.54, 1.807) is 0 Å². The highest BCUT2D eigenvalue weighted by Gasteiger charge is 2.42. The number of hydrogen-bond donors (Lipinski definition) is 0. The van der Waals surface area contributed by atoms with Crippen LogP contribution in [0.5, 0.6) is 0 Å². The van der Waals surface area contributed by atoms with Crippen molar-refractivity contribution in [3.8, 4) is 0 Å². The van der Waals surface area contributed by atoms with Crippen molar-refractivity contribution in [1.82, 2.24) is 9.97 Å². The molecule has 4 nitrogen and oxygen atoms in total. The van der Waals surface area contributed by atoms with Crippen LogP contribution >= 0.6 is 0 Å². The van der Waals surface area contributed by atoms with Crippen LogP contribution in [0.25, 0.3) is 0 Å². The van der Waals surface area contributed by atoms with Crippen molar-refractivity contribution in [2.75, 3.05) is 16.5 Å². The first kappa shape index (κ1) is 21.2. The van der Waals surface area contributed by atoms with E-state index in [2.05, 4.69) is 116 Å². The smallest absolute Gasteiger partial charge is 0.178 e. The van der Waals surface area contributed by atoms with Crippen molar-refractivity contribution in [2.45, 2.75) is 38.5 Å². The van der Waals surface area contributed by atoms with Crippen molar-refractivity contribution in [3.05, 3.63) is 108 Å². The summed E-state index contributed by atoms with van der Waals surface area (Å²) in [5.41, 5.74) is 4.15. The maximum Gasteiger partial charge on any atom is 0.178 e. The fraction of sp³-hybridized carbons (Fsp3) is 0.241. The molecule has 166 valence electrons. The van der Waals surface area contributed by atoms with Gasteiger partial charge in [0.25, 0.3) is 0 Å². The van der Waals surface area contributed by atoms with Crippen LogP contribution in [0.3, 0.4) is 0 Å². The van der Waals surface area contributed by atoms with Crippen LogP contribution in [-0.4, -0.2) is 16.6 Å². The van der Waals surface area contributed by atoms with Crippen molar-refractivity contribution in [2.24, 2.45) is 0 Å². The Morgan fingerprint density at radius 2 is 1.09 bits per heavy atom. The summed E-state index contributed by atoms with van der Waals surface area (Å²) < 4.78 is 0. The highest BCUT2D eigenvalue weighted by Crippen LogP contribution is 2.46. The lowest BCUT2D eigenvalue weighted by atomic mass is 9.62. The van der Waals surface area contributed by atoms with Gasteiger partial charge < -0.3 is 9.80 Å². The fourth-order valence-corrected chi connectivity index (χ4v) is 4.48. The molecule has 0 saturated carbocycles. The number of benzene rings is 3. The molecule has 3 aromatic carbocycles. The molecule has 1 aliphatic rings. The van der Waals surface area contributed by atoms with E-state index in [-0.39, 0.29) is 10.8 Å². The molecular formula is C29H30N4. The number of para-hydroxylation sites is 2. The highest BCUT2D eigenvalue weighted by atomic mass is 15.4. The summed E-state index contributed by atoms with van der Waals surface area (Å²) in [6.45, 7) is 9.81. The zero-order valence-corrected chi connectivity index (χ0v) is 19.7. The molecule has 33 heavy (non-hydrogen) atoms. The topological polar surface area (TPSA) is 32.3 Å². The van der Waals surface area contributed by atoms with Gasteiger partial charge in [-0.2, -0.15) is 0 Å². The monoisotopic (exact) mass is 434 g/mol. The molecule has 4 heteroatoms. The largest absolute Gasteiger partial charge is 0.305 e. The van der Waals surface area contributed by atoms with E-state index in [9.17, 15) is 0 Å². The number of hydrogen-bond acceptors (Lipinski definition) is 4. The molecule has 1 aliphatic heterocycles. The first-order valence-electron chi connectivity index (χ1n) is 11.5. The molecule has 0 unspecified atom stereocenters. The van der Waals surface area contributed by atoms with Gasteiger partial charge in [-0.15, -0.1) is 0 Å². The van der Waals surface area contributed by atoms with Crippen LogP contribution in [0.4, 0.5) is 23.0 Å². The zero-order chi connectivity index (χ0) is 23.1. The zero-order valence-electron chi connectivity index (χ0n) is 19.7. The van der Waals surface area contributed by atoms with Crippen molar-refractivity contribution >= 4 is 23.0 Å². The summed E-state index contributed by atoms with van der Waals surface area (Å²) in [5, 5.41) is 0. The predicted molar refractivity (Wildman–Crippen MR) is 137 cm³/mol. The van der Waals surface area contributed by atoms with Crippen LogP contribution in [-0.2, 0) is 10.8 Å². The molecule has 0 amide bonds. The number of fused-ring (bicyclic) bond motifs is 1. The van der Waals surface area contributed by atoms with Crippen LogP contribution in [0.2, 0.25) is 0 Å². The van der Waals surface area contributed by atoms with Crippen molar-refractivity contribution in [1.29, 1.82) is 0 Å². The summed E-state index contributed by atoms with van der Waals surface area (Å²) in [5.74, 6) is 1.79. The van der Waals surface area contributed by atoms with Crippen LogP contribution in [0.1, 0.15) is 39.0 Å². The summed E-state index contributed by atoms with van der Waals surface area (Å²) in [6, 6.07) is 31.5. The maximum atomic E-state index is 5.27. The van der Waals surface area contributed by atoms with Crippen LogP contribution in [0, 0.1) is 0 Å². The summed E-state index contributed by atoms with van der Waals surface area (Å²) in [6.07, 6.45) is 1.97. The van der Waals surface area contributed by atoms with Gasteiger partial charge in [0.15, 0.2) is 11.6 Å². The molecule has 2 heterocycles. The molecule has 1 aromatic heterocycles. The van der Waals surface area contributed by atoms with Gasteiger partial charge >= 0.3 is 0 Å². The van der Waals surface area contributed by atoms with Gasteiger partial charge in [0.1, 0.15) is 6.67 Å².